The van der Waals surface area contributed by atoms with Gasteiger partial charge in [-0.25, -0.2) is 0 Å². The molecule has 1 spiro atoms. The van der Waals surface area contributed by atoms with Gasteiger partial charge in [0.25, 0.3) is 0 Å². The lowest BCUT2D eigenvalue weighted by Gasteiger charge is -2.50. The third-order valence-corrected chi connectivity index (χ3v) is 5.88. The number of aliphatic hydroxyl groups is 1. The van der Waals surface area contributed by atoms with Gasteiger partial charge in [-0.3, -0.25) is 4.79 Å². The van der Waals surface area contributed by atoms with E-state index in [0.717, 1.165) is 31.2 Å². The monoisotopic (exact) mass is 345 g/mol. The van der Waals surface area contributed by atoms with Gasteiger partial charge in [0, 0.05) is 19.4 Å². The Hall–Kier alpha value is -1.43. The van der Waals surface area contributed by atoms with Crippen molar-refractivity contribution in [2.45, 2.75) is 69.6 Å². The molecule has 0 bridgehead atoms. The van der Waals surface area contributed by atoms with Crippen LogP contribution in [0.3, 0.4) is 0 Å². The standard InChI is InChI=1S/C20H27NO4/c1-14(22)17-18(16-13-24-20(25-16)10-6-3-7-11-20)21(19(17)23)12-15-8-4-2-5-9-15/h2,4-5,8-9,14,16-18,22H,3,6-7,10-13H2,1H3/t14-,16+,17-,18-/m1/s1. The maximum atomic E-state index is 12.6. The van der Waals surface area contributed by atoms with Gasteiger partial charge < -0.3 is 19.5 Å². The highest BCUT2D eigenvalue weighted by molar-refractivity contribution is 5.87. The van der Waals surface area contributed by atoms with Crippen molar-refractivity contribution in [1.82, 2.24) is 4.90 Å². The van der Waals surface area contributed by atoms with Crippen LogP contribution in [0.15, 0.2) is 30.3 Å². The summed E-state index contributed by atoms with van der Waals surface area (Å²) in [5.41, 5.74) is 1.09. The quantitative estimate of drug-likeness (QED) is 0.852. The second-order valence-corrected chi connectivity index (χ2v) is 7.65. The van der Waals surface area contributed by atoms with Crippen LogP contribution in [0, 0.1) is 5.92 Å². The van der Waals surface area contributed by atoms with Gasteiger partial charge in [-0.05, 0) is 25.3 Å². The summed E-state index contributed by atoms with van der Waals surface area (Å²) in [5.74, 6) is -0.837. The third kappa shape index (κ3) is 3.09. The summed E-state index contributed by atoms with van der Waals surface area (Å²) < 4.78 is 12.4. The van der Waals surface area contributed by atoms with Crippen molar-refractivity contribution < 1.29 is 19.4 Å². The van der Waals surface area contributed by atoms with Crippen LogP contribution < -0.4 is 0 Å². The van der Waals surface area contributed by atoms with Gasteiger partial charge in [0.1, 0.15) is 6.10 Å². The number of carbonyl (C=O) groups excluding carboxylic acids is 1. The van der Waals surface area contributed by atoms with Crippen molar-refractivity contribution in [3.05, 3.63) is 35.9 Å². The molecule has 25 heavy (non-hydrogen) atoms. The number of β-lactam (4-membered cyclic amide) rings is 1. The first kappa shape index (κ1) is 17.0. The fourth-order valence-electron chi connectivity index (χ4n) is 4.58. The van der Waals surface area contributed by atoms with E-state index in [1.165, 1.54) is 6.42 Å². The second-order valence-electron chi connectivity index (χ2n) is 7.65. The molecule has 1 N–H and O–H groups in total. The fourth-order valence-corrected chi connectivity index (χ4v) is 4.58. The smallest absolute Gasteiger partial charge is 0.231 e. The van der Waals surface area contributed by atoms with Crippen molar-refractivity contribution in [1.29, 1.82) is 0 Å². The SMILES string of the molecule is C[C@@H](O)[C@H]1C(=O)N(Cc2ccccc2)[C@@H]1[C@@H]1COC2(CCCCC2)O1. The fraction of sp³-hybridized carbons (Fsp3) is 0.650. The molecule has 5 nitrogen and oxygen atoms in total. The predicted molar refractivity (Wildman–Crippen MR) is 92.6 cm³/mol. The van der Waals surface area contributed by atoms with Crippen molar-refractivity contribution in [3.8, 4) is 0 Å². The van der Waals surface area contributed by atoms with Crippen molar-refractivity contribution in [3.63, 3.8) is 0 Å². The Kier molecular flexibility index (Phi) is 4.56. The molecule has 136 valence electrons. The van der Waals surface area contributed by atoms with E-state index in [4.69, 9.17) is 9.47 Å². The summed E-state index contributed by atoms with van der Waals surface area (Å²) in [6, 6.07) is 9.86. The molecule has 4 atom stereocenters. The van der Waals surface area contributed by atoms with Crippen molar-refractivity contribution >= 4 is 5.91 Å². The van der Waals surface area contributed by atoms with Gasteiger partial charge in [-0.2, -0.15) is 0 Å². The van der Waals surface area contributed by atoms with E-state index in [9.17, 15) is 9.90 Å². The van der Waals surface area contributed by atoms with Crippen LogP contribution in [-0.4, -0.2) is 46.6 Å². The van der Waals surface area contributed by atoms with Gasteiger partial charge in [0.2, 0.25) is 5.91 Å². The molecule has 1 amide bonds. The molecule has 4 rings (SSSR count). The molecule has 0 aromatic heterocycles. The molecule has 0 radical (unpaired) electrons. The molecular formula is C20H27NO4. The Morgan fingerprint density at radius 2 is 1.96 bits per heavy atom. The molecule has 3 fully saturated rings. The summed E-state index contributed by atoms with van der Waals surface area (Å²) in [7, 11) is 0. The van der Waals surface area contributed by atoms with Gasteiger partial charge >= 0.3 is 0 Å². The molecule has 1 aromatic rings. The number of nitrogens with zero attached hydrogens (tertiary/aromatic N) is 1. The average molecular weight is 345 g/mol. The number of amides is 1. The van der Waals surface area contributed by atoms with E-state index in [0.29, 0.717) is 13.2 Å². The zero-order valence-electron chi connectivity index (χ0n) is 14.8. The van der Waals surface area contributed by atoms with E-state index >= 15 is 0 Å². The van der Waals surface area contributed by atoms with Gasteiger partial charge in [-0.15, -0.1) is 0 Å². The minimum Gasteiger partial charge on any atom is -0.393 e. The molecule has 3 aliphatic rings. The Morgan fingerprint density at radius 3 is 2.64 bits per heavy atom. The normalized spacial score (nSPS) is 32.6. The molecule has 5 heteroatoms. The Bertz CT molecular complexity index is 611. The van der Waals surface area contributed by atoms with Crippen LogP contribution in [0.4, 0.5) is 0 Å². The van der Waals surface area contributed by atoms with E-state index in [1.807, 2.05) is 35.2 Å². The third-order valence-electron chi connectivity index (χ3n) is 5.88. The topological polar surface area (TPSA) is 59.0 Å². The summed E-state index contributed by atoms with van der Waals surface area (Å²) in [6.07, 6.45) is 4.53. The first-order valence-electron chi connectivity index (χ1n) is 9.44. The molecule has 2 aliphatic heterocycles. The minimum absolute atomic E-state index is 0.0112. The van der Waals surface area contributed by atoms with Gasteiger partial charge in [0.15, 0.2) is 5.79 Å². The number of rotatable bonds is 4. The number of carbonyl (C=O) groups is 1. The molecular weight excluding hydrogens is 318 g/mol. The van der Waals surface area contributed by atoms with Crippen LogP contribution in [0.5, 0.6) is 0 Å². The Morgan fingerprint density at radius 1 is 1.24 bits per heavy atom. The highest BCUT2D eigenvalue weighted by atomic mass is 16.7. The molecule has 2 saturated heterocycles. The highest BCUT2D eigenvalue weighted by Gasteiger charge is 2.57. The summed E-state index contributed by atoms with van der Waals surface area (Å²) in [4.78, 5) is 14.5. The summed E-state index contributed by atoms with van der Waals surface area (Å²) >= 11 is 0. The molecule has 2 heterocycles. The van der Waals surface area contributed by atoms with E-state index in [2.05, 4.69) is 0 Å². The Labute approximate surface area is 148 Å². The minimum atomic E-state index is -0.670. The lowest BCUT2D eigenvalue weighted by molar-refractivity contribution is -0.208. The van der Waals surface area contributed by atoms with Crippen molar-refractivity contribution in [2.75, 3.05) is 6.61 Å². The van der Waals surface area contributed by atoms with Crippen LogP contribution in [0.25, 0.3) is 0 Å². The molecule has 1 saturated carbocycles. The summed E-state index contributed by atoms with van der Waals surface area (Å²) in [5, 5.41) is 10.1. The predicted octanol–water partition coefficient (Wildman–Crippen LogP) is 2.47. The lowest BCUT2D eigenvalue weighted by Crippen LogP contribution is -2.68. The number of aliphatic hydroxyl groups excluding tert-OH is 1. The maximum absolute atomic E-state index is 12.6. The zero-order valence-corrected chi connectivity index (χ0v) is 14.8. The van der Waals surface area contributed by atoms with Crippen LogP contribution >= 0.6 is 0 Å². The van der Waals surface area contributed by atoms with Crippen LogP contribution in [0.1, 0.15) is 44.6 Å². The van der Waals surface area contributed by atoms with Crippen LogP contribution in [-0.2, 0) is 20.8 Å². The molecule has 1 aliphatic carbocycles. The lowest BCUT2D eigenvalue weighted by atomic mass is 9.79. The second kappa shape index (κ2) is 6.71. The van der Waals surface area contributed by atoms with Gasteiger partial charge in [0.05, 0.1) is 24.7 Å². The maximum Gasteiger partial charge on any atom is 0.231 e. The number of likely N-dealkylation sites (tertiary alicyclic amines) is 1. The van der Waals surface area contributed by atoms with E-state index < -0.39 is 17.8 Å². The number of benzene rings is 1. The number of ether oxygens (including phenoxy) is 2. The van der Waals surface area contributed by atoms with Crippen LogP contribution in [0.2, 0.25) is 0 Å². The first-order valence-corrected chi connectivity index (χ1v) is 9.44. The van der Waals surface area contributed by atoms with E-state index in [1.54, 1.807) is 6.92 Å². The average Bonchev–Trinajstić information content (AvgIpc) is 3.01. The highest BCUT2D eigenvalue weighted by Crippen LogP contribution is 2.43. The summed E-state index contributed by atoms with van der Waals surface area (Å²) in [6.45, 7) is 2.76. The largest absolute Gasteiger partial charge is 0.393 e. The first-order chi connectivity index (χ1) is 12.1. The Balaban J connectivity index is 1.51. The van der Waals surface area contributed by atoms with Crippen molar-refractivity contribution in [2.24, 2.45) is 5.92 Å². The van der Waals surface area contributed by atoms with Gasteiger partial charge in [-0.1, -0.05) is 36.8 Å². The number of hydrogen-bond acceptors (Lipinski definition) is 4. The zero-order chi connectivity index (χ0) is 17.4. The molecule has 0 unspecified atom stereocenters. The van der Waals surface area contributed by atoms with E-state index in [-0.39, 0.29) is 18.1 Å². The number of hydrogen-bond donors (Lipinski definition) is 1. The molecule has 1 aromatic carbocycles.